The van der Waals surface area contributed by atoms with Crippen LogP contribution in [-0.2, 0) is 11.2 Å². The van der Waals surface area contributed by atoms with Crippen LogP contribution in [-0.4, -0.2) is 27.1 Å². The number of fused-ring (bicyclic) bond motifs is 1. The fraction of sp³-hybridized carbons (Fsp3) is 0.200. The molecule has 0 amide bonds. The van der Waals surface area contributed by atoms with Gasteiger partial charge in [-0.15, -0.1) is 11.3 Å². The van der Waals surface area contributed by atoms with Crippen molar-refractivity contribution in [2.24, 2.45) is 0 Å². The van der Waals surface area contributed by atoms with Gasteiger partial charge in [0.05, 0.1) is 18.7 Å². The maximum atomic E-state index is 10.7. The monoisotopic (exact) mass is 302 g/mol. The first-order chi connectivity index (χ1) is 10.2. The Labute approximate surface area is 125 Å². The van der Waals surface area contributed by atoms with Crippen LogP contribution in [0.15, 0.2) is 36.7 Å². The van der Waals surface area contributed by atoms with Crippen molar-refractivity contribution >= 4 is 22.3 Å². The van der Waals surface area contributed by atoms with Gasteiger partial charge in [0.1, 0.15) is 5.75 Å². The second-order valence-electron chi connectivity index (χ2n) is 4.54. The number of benzene rings is 1. The van der Waals surface area contributed by atoms with E-state index in [-0.39, 0.29) is 6.42 Å². The fourth-order valence-electron chi connectivity index (χ4n) is 2.13. The Hall–Kier alpha value is -2.34. The number of imidazole rings is 1. The molecule has 0 fully saturated rings. The largest absolute Gasteiger partial charge is 0.494 e. The molecule has 0 bridgehead atoms. The highest BCUT2D eigenvalue weighted by molar-refractivity contribution is 7.17. The Morgan fingerprint density at radius 2 is 2.29 bits per heavy atom. The summed E-state index contributed by atoms with van der Waals surface area (Å²) in [4.78, 5) is 16.8. The van der Waals surface area contributed by atoms with E-state index in [1.165, 1.54) is 11.3 Å². The molecule has 0 unspecified atom stereocenters. The summed E-state index contributed by atoms with van der Waals surface area (Å²) >= 11 is 1.40. The van der Waals surface area contributed by atoms with Crippen LogP contribution in [0.25, 0.3) is 16.2 Å². The van der Waals surface area contributed by atoms with E-state index in [9.17, 15) is 4.79 Å². The Kier molecular flexibility index (Phi) is 3.62. The van der Waals surface area contributed by atoms with Gasteiger partial charge in [0.15, 0.2) is 4.96 Å². The third-order valence-electron chi connectivity index (χ3n) is 2.97. The van der Waals surface area contributed by atoms with Gasteiger partial charge < -0.3 is 9.84 Å². The number of carboxylic acid groups (broad SMARTS) is 1. The van der Waals surface area contributed by atoms with E-state index in [2.05, 4.69) is 4.98 Å². The van der Waals surface area contributed by atoms with Crippen molar-refractivity contribution in [3.8, 4) is 17.0 Å². The topological polar surface area (TPSA) is 63.8 Å². The van der Waals surface area contributed by atoms with Crippen LogP contribution >= 0.6 is 11.3 Å². The van der Waals surface area contributed by atoms with Crippen molar-refractivity contribution in [3.05, 3.63) is 41.5 Å². The standard InChI is InChI=1S/C15H14N2O3S/c1-2-20-11-5-3-4-10(6-11)13-9-17-8-12(7-14(18)19)21-15(17)16-13/h3-6,8-9H,2,7H2,1H3,(H,18,19). The number of hydrogen-bond donors (Lipinski definition) is 1. The molecular formula is C15H14N2O3S. The minimum Gasteiger partial charge on any atom is -0.494 e. The van der Waals surface area contributed by atoms with Gasteiger partial charge in [0, 0.05) is 22.8 Å². The van der Waals surface area contributed by atoms with E-state index >= 15 is 0 Å². The molecule has 0 spiro atoms. The normalized spacial score (nSPS) is 10.9. The number of aromatic nitrogens is 2. The maximum absolute atomic E-state index is 10.7. The summed E-state index contributed by atoms with van der Waals surface area (Å²) in [5, 5.41) is 8.81. The third kappa shape index (κ3) is 2.90. The molecule has 21 heavy (non-hydrogen) atoms. The Balaban J connectivity index is 1.92. The molecule has 0 saturated heterocycles. The smallest absolute Gasteiger partial charge is 0.308 e. The van der Waals surface area contributed by atoms with Crippen molar-refractivity contribution in [1.82, 2.24) is 9.38 Å². The van der Waals surface area contributed by atoms with Crippen LogP contribution in [0.1, 0.15) is 11.8 Å². The molecule has 1 N–H and O–H groups in total. The lowest BCUT2D eigenvalue weighted by Crippen LogP contribution is -1.97. The quantitative estimate of drug-likeness (QED) is 0.786. The van der Waals surface area contributed by atoms with Gasteiger partial charge in [-0.25, -0.2) is 4.98 Å². The van der Waals surface area contributed by atoms with E-state index in [0.717, 1.165) is 26.8 Å². The molecule has 0 atom stereocenters. The number of hydrogen-bond acceptors (Lipinski definition) is 4. The van der Waals surface area contributed by atoms with Gasteiger partial charge in [0.2, 0.25) is 0 Å². The summed E-state index contributed by atoms with van der Waals surface area (Å²) in [6, 6.07) is 7.78. The lowest BCUT2D eigenvalue weighted by molar-refractivity contribution is -0.136. The minimum absolute atomic E-state index is 0.0309. The molecule has 2 aromatic heterocycles. The first-order valence-corrected chi connectivity index (χ1v) is 7.40. The molecule has 0 saturated carbocycles. The minimum atomic E-state index is -0.829. The Morgan fingerprint density at radius 3 is 3.00 bits per heavy atom. The zero-order valence-corrected chi connectivity index (χ0v) is 12.3. The lowest BCUT2D eigenvalue weighted by Gasteiger charge is -2.03. The highest BCUT2D eigenvalue weighted by Crippen LogP contribution is 2.26. The van der Waals surface area contributed by atoms with E-state index in [1.807, 2.05) is 48.0 Å². The molecule has 0 aliphatic carbocycles. The molecule has 0 aliphatic rings. The molecule has 5 nitrogen and oxygen atoms in total. The number of carboxylic acids is 1. The highest BCUT2D eigenvalue weighted by atomic mass is 32.1. The van der Waals surface area contributed by atoms with E-state index in [0.29, 0.717) is 6.61 Å². The lowest BCUT2D eigenvalue weighted by atomic mass is 10.1. The van der Waals surface area contributed by atoms with Crippen molar-refractivity contribution < 1.29 is 14.6 Å². The number of ether oxygens (including phenoxy) is 1. The Morgan fingerprint density at radius 1 is 1.43 bits per heavy atom. The second kappa shape index (κ2) is 5.57. The van der Waals surface area contributed by atoms with E-state index < -0.39 is 5.97 Å². The number of nitrogens with zero attached hydrogens (tertiary/aromatic N) is 2. The van der Waals surface area contributed by atoms with Gasteiger partial charge in [-0.05, 0) is 19.1 Å². The molecule has 1 aromatic carbocycles. The zero-order chi connectivity index (χ0) is 14.8. The average molecular weight is 302 g/mol. The first-order valence-electron chi connectivity index (χ1n) is 6.58. The second-order valence-corrected chi connectivity index (χ2v) is 5.64. The highest BCUT2D eigenvalue weighted by Gasteiger charge is 2.10. The van der Waals surface area contributed by atoms with Crippen LogP contribution in [0.4, 0.5) is 0 Å². The molecule has 0 aliphatic heterocycles. The molecule has 3 aromatic rings. The summed E-state index contributed by atoms with van der Waals surface area (Å²) in [6.45, 7) is 2.57. The zero-order valence-electron chi connectivity index (χ0n) is 11.4. The summed E-state index contributed by atoms with van der Waals surface area (Å²) < 4.78 is 7.36. The Bertz CT molecular complexity index is 760. The number of aliphatic carboxylic acids is 1. The van der Waals surface area contributed by atoms with Crippen LogP contribution < -0.4 is 4.74 Å². The number of thiazole rings is 1. The summed E-state index contributed by atoms with van der Waals surface area (Å²) in [5.41, 5.74) is 1.83. The van der Waals surface area contributed by atoms with Crippen molar-refractivity contribution in [1.29, 1.82) is 0 Å². The fourth-order valence-corrected chi connectivity index (χ4v) is 3.08. The van der Waals surface area contributed by atoms with Crippen molar-refractivity contribution in [2.45, 2.75) is 13.3 Å². The number of rotatable bonds is 5. The predicted molar refractivity (Wildman–Crippen MR) is 81.0 cm³/mol. The summed E-state index contributed by atoms with van der Waals surface area (Å²) in [5.74, 6) is -0.0120. The summed E-state index contributed by atoms with van der Waals surface area (Å²) in [6.07, 6.45) is 3.75. The van der Waals surface area contributed by atoms with Crippen LogP contribution in [0.3, 0.4) is 0 Å². The van der Waals surface area contributed by atoms with Gasteiger partial charge in [-0.3, -0.25) is 9.20 Å². The first kappa shape index (κ1) is 13.6. The van der Waals surface area contributed by atoms with E-state index in [4.69, 9.17) is 9.84 Å². The molecule has 0 radical (unpaired) electrons. The SMILES string of the molecule is CCOc1cccc(-c2cn3cc(CC(=O)O)sc3n2)c1. The summed E-state index contributed by atoms with van der Waals surface area (Å²) in [7, 11) is 0. The third-order valence-corrected chi connectivity index (χ3v) is 3.97. The molecule has 2 heterocycles. The van der Waals surface area contributed by atoms with Crippen molar-refractivity contribution in [2.75, 3.05) is 6.61 Å². The maximum Gasteiger partial charge on any atom is 0.308 e. The van der Waals surface area contributed by atoms with Gasteiger partial charge in [-0.2, -0.15) is 0 Å². The predicted octanol–water partition coefficient (Wildman–Crippen LogP) is 3.09. The van der Waals surface area contributed by atoms with Crippen LogP contribution in [0.5, 0.6) is 5.75 Å². The van der Waals surface area contributed by atoms with E-state index in [1.54, 1.807) is 0 Å². The van der Waals surface area contributed by atoms with Crippen molar-refractivity contribution in [3.63, 3.8) is 0 Å². The van der Waals surface area contributed by atoms with Gasteiger partial charge in [-0.1, -0.05) is 12.1 Å². The molecule has 3 rings (SSSR count). The van der Waals surface area contributed by atoms with Crippen LogP contribution in [0, 0.1) is 0 Å². The van der Waals surface area contributed by atoms with Crippen LogP contribution in [0.2, 0.25) is 0 Å². The average Bonchev–Trinajstić information content (AvgIpc) is 2.96. The number of carbonyl (C=O) groups is 1. The molecular weight excluding hydrogens is 288 g/mol. The molecule has 6 heteroatoms. The van der Waals surface area contributed by atoms with Gasteiger partial charge >= 0.3 is 5.97 Å². The molecule has 108 valence electrons. The van der Waals surface area contributed by atoms with Gasteiger partial charge in [0.25, 0.3) is 0 Å².